The number of carbonyl (C=O) groups excluding carboxylic acids is 2. The predicted octanol–water partition coefficient (Wildman–Crippen LogP) is 2.36. The van der Waals surface area contributed by atoms with E-state index in [4.69, 9.17) is 0 Å². The SMILES string of the molecule is CN1[C@@H](CCC(=O)NCc2cccs2)CNC(=O)[C@@H]2[C@H]1CCN2Cc1ccc(F)cc1. The van der Waals surface area contributed by atoms with Crippen LogP contribution in [0.4, 0.5) is 4.39 Å². The topological polar surface area (TPSA) is 64.7 Å². The fraction of sp³-hybridized carbons (Fsp3) is 0.478. The molecule has 1 aromatic heterocycles. The molecule has 0 radical (unpaired) electrons. The number of benzene rings is 1. The quantitative estimate of drug-likeness (QED) is 0.688. The molecular weight excluding hydrogens is 415 g/mol. The maximum atomic E-state index is 13.2. The number of nitrogens with zero attached hydrogens (tertiary/aromatic N) is 2. The Balaban J connectivity index is 1.33. The lowest BCUT2D eigenvalue weighted by molar-refractivity contribution is -0.126. The van der Waals surface area contributed by atoms with Gasteiger partial charge in [-0.3, -0.25) is 19.4 Å². The molecule has 2 aliphatic rings. The van der Waals surface area contributed by atoms with Crippen molar-refractivity contribution in [1.29, 1.82) is 0 Å². The molecule has 0 spiro atoms. The molecule has 2 aromatic rings. The van der Waals surface area contributed by atoms with Gasteiger partial charge in [-0.05, 0) is 49.0 Å². The number of carbonyl (C=O) groups is 2. The average molecular weight is 445 g/mol. The Kier molecular flexibility index (Phi) is 6.99. The first kappa shape index (κ1) is 21.9. The number of amides is 2. The highest BCUT2D eigenvalue weighted by Gasteiger charge is 2.44. The highest BCUT2D eigenvalue weighted by Crippen LogP contribution is 2.28. The monoisotopic (exact) mass is 444 g/mol. The number of rotatable bonds is 7. The largest absolute Gasteiger partial charge is 0.353 e. The van der Waals surface area contributed by atoms with E-state index in [0.29, 0.717) is 32.5 Å². The summed E-state index contributed by atoms with van der Waals surface area (Å²) in [4.78, 5) is 30.8. The van der Waals surface area contributed by atoms with Crippen LogP contribution < -0.4 is 10.6 Å². The molecule has 2 fully saturated rings. The number of hydrogen-bond donors (Lipinski definition) is 2. The van der Waals surface area contributed by atoms with Gasteiger partial charge in [-0.25, -0.2) is 4.39 Å². The van der Waals surface area contributed by atoms with Crippen LogP contribution in [0.3, 0.4) is 0 Å². The van der Waals surface area contributed by atoms with Crippen LogP contribution in [-0.4, -0.2) is 59.9 Å². The Morgan fingerprint density at radius 2 is 2.10 bits per heavy atom. The van der Waals surface area contributed by atoms with E-state index in [9.17, 15) is 14.0 Å². The molecule has 4 rings (SSSR count). The van der Waals surface area contributed by atoms with Gasteiger partial charge in [0.25, 0.3) is 0 Å². The molecule has 31 heavy (non-hydrogen) atoms. The van der Waals surface area contributed by atoms with Crippen molar-refractivity contribution >= 4 is 23.2 Å². The lowest BCUT2D eigenvalue weighted by Gasteiger charge is -2.33. The molecule has 0 saturated carbocycles. The molecule has 3 heterocycles. The molecule has 2 N–H and O–H groups in total. The Morgan fingerprint density at radius 1 is 1.29 bits per heavy atom. The van der Waals surface area contributed by atoms with E-state index >= 15 is 0 Å². The zero-order valence-corrected chi connectivity index (χ0v) is 18.5. The number of fused-ring (bicyclic) bond motifs is 1. The van der Waals surface area contributed by atoms with Gasteiger partial charge < -0.3 is 10.6 Å². The van der Waals surface area contributed by atoms with Crippen molar-refractivity contribution in [3.8, 4) is 0 Å². The van der Waals surface area contributed by atoms with Gasteiger partial charge in [0, 0.05) is 43.0 Å². The van der Waals surface area contributed by atoms with Gasteiger partial charge >= 0.3 is 0 Å². The van der Waals surface area contributed by atoms with Crippen molar-refractivity contribution in [3.63, 3.8) is 0 Å². The summed E-state index contributed by atoms with van der Waals surface area (Å²) in [6.07, 6.45) is 2.04. The molecule has 3 atom stereocenters. The van der Waals surface area contributed by atoms with Crippen LogP contribution in [0.2, 0.25) is 0 Å². The minimum absolute atomic E-state index is 0.0401. The Labute approximate surface area is 186 Å². The van der Waals surface area contributed by atoms with E-state index in [2.05, 4.69) is 27.5 Å². The molecule has 2 aliphatic heterocycles. The smallest absolute Gasteiger partial charge is 0.239 e. The van der Waals surface area contributed by atoms with Crippen molar-refractivity contribution in [3.05, 3.63) is 58.0 Å². The highest BCUT2D eigenvalue weighted by molar-refractivity contribution is 7.09. The molecule has 2 amide bonds. The van der Waals surface area contributed by atoms with Gasteiger partial charge in [0.15, 0.2) is 0 Å². The van der Waals surface area contributed by atoms with Gasteiger partial charge in [-0.1, -0.05) is 18.2 Å². The third-order valence-corrected chi connectivity index (χ3v) is 7.27. The van der Waals surface area contributed by atoms with Gasteiger partial charge in [0.05, 0.1) is 6.54 Å². The molecule has 0 bridgehead atoms. The van der Waals surface area contributed by atoms with E-state index in [1.807, 2.05) is 17.5 Å². The second-order valence-corrected chi connectivity index (χ2v) is 9.39. The number of likely N-dealkylation sites (tertiary alicyclic amines) is 1. The second-order valence-electron chi connectivity index (χ2n) is 8.36. The number of likely N-dealkylation sites (N-methyl/N-ethyl adjacent to an activating group) is 1. The lowest BCUT2D eigenvalue weighted by Crippen LogP contribution is -2.49. The minimum Gasteiger partial charge on any atom is -0.353 e. The Hall–Kier alpha value is -2.29. The zero-order valence-electron chi connectivity index (χ0n) is 17.7. The van der Waals surface area contributed by atoms with Crippen molar-refractivity contribution in [2.75, 3.05) is 20.1 Å². The van der Waals surface area contributed by atoms with E-state index in [1.54, 1.807) is 23.5 Å². The molecular formula is C23H29FN4O2S. The van der Waals surface area contributed by atoms with Crippen LogP contribution in [0.1, 0.15) is 29.7 Å². The maximum Gasteiger partial charge on any atom is 0.239 e. The molecule has 8 heteroatoms. The number of halogens is 1. The van der Waals surface area contributed by atoms with Gasteiger partial charge in [0.2, 0.25) is 11.8 Å². The molecule has 0 unspecified atom stereocenters. The Morgan fingerprint density at radius 3 is 2.84 bits per heavy atom. The summed E-state index contributed by atoms with van der Waals surface area (Å²) in [5.74, 6) is -0.170. The van der Waals surface area contributed by atoms with Crippen LogP contribution in [0, 0.1) is 5.82 Å². The highest BCUT2D eigenvalue weighted by atomic mass is 32.1. The van der Waals surface area contributed by atoms with Crippen LogP contribution in [0.15, 0.2) is 41.8 Å². The summed E-state index contributed by atoms with van der Waals surface area (Å²) in [6.45, 7) is 2.55. The van der Waals surface area contributed by atoms with E-state index in [-0.39, 0.29) is 35.8 Å². The number of hydrogen-bond acceptors (Lipinski definition) is 5. The maximum absolute atomic E-state index is 13.2. The third-order valence-electron chi connectivity index (χ3n) is 6.39. The molecule has 2 saturated heterocycles. The first-order chi connectivity index (χ1) is 15.0. The lowest BCUT2D eigenvalue weighted by atomic mass is 10.0. The van der Waals surface area contributed by atoms with E-state index in [1.165, 1.54) is 12.1 Å². The number of nitrogens with one attached hydrogen (secondary N) is 2. The first-order valence-electron chi connectivity index (χ1n) is 10.8. The van der Waals surface area contributed by atoms with E-state index in [0.717, 1.165) is 23.4 Å². The van der Waals surface area contributed by atoms with Crippen LogP contribution in [0.25, 0.3) is 0 Å². The fourth-order valence-corrected chi connectivity index (χ4v) is 5.28. The van der Waals surface area contributed by atoms with Crippen molar-refractivity contribution in [1.82, 2.24) is 20.4 Å². The zero-order chi connectivity index (χ0) is 21.8. The normalized spacial score (nSPS) is 24.5. The van der Waals surface area contributed by atoms with Crippen LogP contribution in [-0.2, 0) is 22.7 Å². The van der Waals surface area contributed by atoms with E-state index < -0.39 is 0 Å². The first-order valence-corrected chi connectivity index (χ1v) is 11.7. The summed E-state index contributed by atoms with van der Waals surface area (Å²) >= 11 is 1.63. The predicted molar refractivity (Wildman–Crippen MR) is 119 cm³/mol. The average Bonchev–Trinajstić information content (AvgIpc) is 3.41. The van der Waals surface area contributed by atoms with Crippen LogP contribution in [0.5, 0.6) is 0 Å². The molecule has 166 valence electrons. The van der Waals surface area contributed by atoms with Crippen molar-refractivity contribution < 1.29 is 14.0 Å². The van der Waals surface area contributed by atoms with Gasteiger partial charge in [0.1, 0.15) is 11.9 Å². The second kappa shape index (κ2) is 9.89. The fourth-order valence-electron chi connectivity index (χ4n) is 4.64. The third kappa shape index (κ3) is 5.31. The van der Waals surface area contributed by atoms with Gasteiger partial charge in [-0.15, -0.1) is 11.3 Å². The minimum atomic E-state index is -0.253. The molecule has 6 nitrogen and oxygen atoms in total. The summed E-state index contributed by atoms with van der Waals surface area (Å²) in [5.41, 5.74) is 1.00. The Bertz CT molecular complexity index is 889. The molecule has 0 aliphatic carbocycles. The standard InChI is InChI=1S/C23H29FN4O2S/c1-27-18(8-9-21(29)25-14-19-3-2-12-31-19)13-26-23(30)22-20(27)10-11-28(22)15-16-4-6-17(24)7-5-16/h2-7,12,18,20,22H,8-11,13-15H2,1H3,(H,25,29)(H,26,30)/t18-,20+,22-/m0/s1. The summed E-state index contributed by atoms with van der Waals surface area (Å²) in [5, 5.41) is 8.07. The summed E-state index contributed by atoms with van der Waals surface area (Å²) in [6, 6.07) is 10.5. The molecule has 1 aromatic carbocycles. The van der Waals surface area contributed by atoms with Crippen molar-refractivity contribution in [2.45, 2.75) is 50.5 Å². The number of thiophene rings is 1. The van der Waals surface area contributed by atoms with Gasteiger partial charge in [-0.2, -0.15) is 0 Å². The van der Waals surface area contributed by atoms with Crippen molar-refractivity contribution in [2.24, 2.45) is 0 Å². The van der Waals surface area contributed by atoms with Crippen LogP contribution >= 0.6 is 11.3 Å². The summed E-state index contributed by atoms with van der Waals surface area (Å²) < 4.78 is 13.2. The summed E-state index contributed by atoms with van der Waals surface area (Å²) in [7, 11) is 2.06.